The number of piperidine rings is 1. The molecule has 1 saturated heterocycles. The molecule has 3 aromatic carbocycles. The zero-order chi connectivity index (χ0) is 22.1. The summed E-state index contributed by atoms with van der Waals surface area (Å²) in [5.41, 5.74) is 2.07. The Balaban J connectivity index is 1.31. The number of hydrogen-bond donors (Lipinski definition) is 0. The third-order valence-corrected chi connectivity index (χ3v) is 6.04. The first kappa shape index (κ1) is 20.2. The van der Waals surface area contributed by atoms with Crippen LogP contribution in [0.1, 0.15) is 33.6 Å². The summed E-state index contributed by atoms with van der Waals surface area (Å²) < 4.78 is 25.4. The molecule has 2 aliphatic heterocycles. The van der Waals surface area contributed by atoms with Crippen LogP contribution < -0.4 is 9.47 Å². The number of ether oxygens (including phenoxy) is 2. The van der Waals surface area contributed by atoms with Gasteiger partial charge in [0.1, 0.15) is 5.82 Å². The SMILES string of the molecule is O=C(c1ccc(-c2ccccc2)c(F)c1)[C@@H]1CCCN(C(=O)c2ccc3c(c2)OCO3)C1. The van der Waals surface area contributed by atoms with Crippen LogP contribution in [0.15, 0.2) is 66.7 Å². The van der Waals surface area contributed by atoms with Crippen molar-refractivity contribution in [2.24, 2.45) is 5.92 Å². The number of ketones is 1. The van der Waals surface area contributed by atoms with Gasteiger partial charge in [-0.15, -0.1) is 0 Å². The maximum atomic E-state index is 14.8. The van der Waals surface area contributed by atoms with Crippen LogP contribution in [0.3, 0.4) is 0 Å². The lowest BCUT2D eigenvalue weighted by atomic mass is 9.89. The average Bonchev–Trinajstić information content (AvgIpc) is 3.31. The number of carbonyl (C=O) groups is 2. The summed E-state index contributed by atoms with van der Waals surface area (Å²) in [4.78, 5) is 27.8. The number of nitrogens with zero attached hydrogens (tertiary/aromatic N) is 1. The van der Waals surface area contributed by atoms with Gasteiger partial charge in [0.05, 0.1) is 0 Å². The molecule has 1 atom stereocenters. The minimum absolute atomic E-state index is 0.133. The van der Waals surface area contributed by atoms with E-state index in [1.165, 1.54) is 6.07 Å². The zero-order valence-electron chi connectivity index (χ0n) is 17.4. The van der Waals surface area contributed by atoms with Crippen LogP contribution in [0.4, 0.5) is 4.39 Å². The van der Waals surface area contributed by atoms with E-state index in [0.29, 0.717) is 47.7 Å². The highest BCUT2D eigenvalue weighted by Crippen LogP contribution is 2.33. The second-order valence-electron chi connectivity index (χ2n) is 8.08. The fourth-order valence-corrected chi connectivity index (χ4v) is 4.34. The number of likely N-dealkylation sites (tertiary alicyclic amines) is 1. The number of halogens is 1. The number of amides is 1. The molecule has 0 spiro atoms. The highest BCUT2D eigenvalue weighted by molar-refractivity contribution is 6.00. The van der Waals surface area contributed by atoms with Crippen LogP contribution in [-0.4, -0.2) is 36.5 Å². The van der Waals surface area contributed by atoms with E-state index in [0.717, 1.165) is 12.0 Å². The summed E-state index contributed by atoms with van der Waals surface area (Å²) in [5, 5.41) is 0. The molecule has 0 N–H and O–H groups in total. The van der Waals surface area contributed by atoms with Crippen LogP contribution in [0.5, 0.6) is 11.5 Å². The molecule has 32 heavy (non-hydrogen) atoms. The number of carbonyl (C=O) groups excluding carboxylic acids is 2. The topological polar surface area (TPSA) is 55.8 Å². The molecular formula is C26H22FNO4. The zero-order valence-corrected chi connectivity index (χ0v) is 17.4. The number of rotatable bonds is 4. The molecule has 6 heteroatoms. The largest absolute Gasteiger partial charge is 0.454 e. The minimum Gasteiger partial charge on any atom is -0.454 e. The maximum Gasteiger partial charge on any atom is 0.254 e. The van der Waals surface area contributed by atoms with Crippen molar-refractivity contribution in [1.82, 2.24) is 4.90 Å². The van der Waals surface area contributed by atoms with E-state index in [2.05, 4.69) is 0 Å². The molecule has 0 aliphatic carbocycles. The van der Waals surface area contributed by atoms with Gasteiger partial charge < -0.3 is 14.4 Å². The lowest BCUT2D eigenvalue weighted by molar-refractivity contribution is 0.0636. The number of Topliss-reactive ketones (excluding diaryl/α,β-unsaturated/α-hetero) is 1. The summed E-state index contributed by atoms with van der Waals surface area (Å²) in [6.07, 6.45) is 1.39. The van der Waals surface area contributed by atoms with Crippen LogP contribution >= 0.6 is 0 Å². The predicted molar refractivity (Wildman–Crippen MR) is 117 cm³/mol. The van der Waals surface area contributed by atoms with Crippen LogP contribution in [-0.2, 0) is 0 Å². The normalized spacial score (nSPS) is 17.3. The van der Waals surface area contributed by atoms with Crippen molar-refractivity contribution in [3.8, 4) is 22.6 Å². The van der Waals surface area contributed by atoms with Crippen molar-refractivity contribution in [3.05, 3.63) is 83.7 Å². The van der Waals surface area contributed by atoms with E-state index >= 15 is 0 Å². The Bertz CT molecular complexity index is 1180. The first-order valence-corrected chi connectivity index (χ1v) is 10.7. The van der Waals surface area contributed by atoms with E-state index < -0.39 is 5.82 Å². The minimum atomic E-state index is -0.425. The fourth-order valence-electron chi connectivity index (χ4n) is 4.34. The monoisotopic (exact) mass is 431 g/mol. The molecule has 3 aromatic rings. The summed E-state index contributed by atoms with van der Waals surface area (Å²) in [6, 6.07) is 19.0. The van der Waals surface area contributed by atoms with Crippen molar-refractivity contribution in [1.29, 1.82) is 0 Å². The Morgan fingerprint density at radius 1 is 0.906 bits per heavy atom. The van der Waals surface area contributed by atoms with Crippen LogP contribution in [0, 0.1) is 11.7 Å². The van der Waals surface area contributed by atoms with Crippen LogP contribution in [0.2, 0.25) is 0 Å². The quantitative estimate of drug-likeness (QED) is 0.548. The van der Waals surface area contributed by atoms with Crippen molar-refractivity contribution in [2.45, 2.75) is 12.8 Å². The molecular weight excluding hydrogens is 409 g/mol. The first-order valence-electron chi connectivity index (χ1n) is 10.7. The molecule has 1 fully saturated rings. The molecule has 0 radical (unpaired) electrons. The van der Waals surface area contributed by atoms with Crippen molar-refractivity contribution >= 4 is 11.7 Å². The molecule has 0 saturated carbocycles. The molecule has 5 nitrogen and oxygen atoms in total. The van der Waals surface area contributed by atoms with Gasteiger partial charge >= 0.3 is 0 Å². The Labute approximate surface area is 185 Å². The Kier molecular flexibility index (Phi) is 5.35. The molecule has 2 aliphatic rings. The van der Waals surface area contributed by atoms with E-state index in [1.807, 2.05) is 30.3 Å². The summed E-state index contributed by atoms with van der Waals surface area (Å²) in [5.74, 6) is 0.108. The summed E-state index contributed by atoms with van der Waals surface area (Å²) in [7, 11) is 0. The molecule has 2 heterocycles. The van der Waals surface area contributed by atoms with E-state index in [4.69, 9.17) is 9.47 Å². The third-order valence-electron chi connectivity index (χ3n) is 6.04. The molecule has 162 valence electrons. The van der Waals surface area contributed by atoms with Gasteiger partial charge in [-0.3, -0.25) is 9.59 Å². The smallest absolute Gasteiger partial charge is 0.254 e. The van der Waals surface area contributed by atoms with Crippen LogP contribution in [0.25, 0.3) is 11.1 Å². The third kappa shape index (κ3) is 3.84. The standard InChI is InChI=1S/C26H22FNO4/c27-22-13-18(8-10-21(22)17-5-2-1-3-6-17)25(29)20-7-4-12-28(15-20)26(30)19-9-11-23-24(14-19)32-16-31-23/h1-3,5-6,8-11,13-14,20H,4,7,12,15-16H2/t20-/m1/s1. The Morgan fingerprint density at radius 3 is 2.50 bits per heavy atom. The Morgan fingerprint density at radius 2 is 1.69 bits per heavy atom. The second-order valence-corrected chi connectivity index (χ2v) is 8.08. The van der Waals surface area contributed by atoms with Gasteiger partial charge in [-0.2, -0.15) is 0 Å². The van der Waals surface area contributed by atoms with Gasteiger partial charge in [0.25, 0.3) is 5.91 Å². The van der Waals surface area contributed by atoms with Gasteiger partial charge in [-0.05, 0) is 42.7 Å². The van der Waals surface area contributed by atoms with Crippen molar-refractivity contribution in [3.63, 3.8) is 0 Å². The number of benzene rings is 3. The first-order chi connectivity index (χ1) is 15.6. The molecule has 0 aromatic heterocycles. The van der Waals surface area contributed by atoms with Crippen molar-refractivity contribution < 1.29 is 23.5 Å². The van der Waals surface area contributed by atoms with Crippen molar-refractivity contribution in [2.75, 3.05) is 19.9 Å². The summed E-state index contributed by atoms with van der Waals surface area (Å²) >= 11 is 0. The van der Waals surface area contributed by atoms with E-state index in [9.17, 15) is 14.0 Å². The van der Waals surface area contributed by atoms with Gasteiger partial charge in [0.15, 0.2) is 17.3 Å². The van der Waals surface area contributed by atoms with Gasteiger partial charge in [-0.25, -0.2) is 4.39 Å². The Hall–Kier alpha value is -3.67. The summed E-state index contributed by atoms with van der Waals surface area (Å²) in [6.45, 7) is 1.04. The lowest BCUT2D eigenvalue weighted by Gasteiger charge is -2.32. The molecule has 5 rings (SSSR count). The molecule has 0 bridgehead atoms. The van der Waals surface area contributed by atoms with E-state index in [1.54, 1.807) is 35.2 Å². The maximum absolute atomic E-state index is 14.8. The predicted octanol–water partition coefficient (Wildman–Crippen LogP) is 4.96. The number of fused-ring (bicyclic) bond motifs is 1. The van der Waals surface area contributed by atoms with Gasteiger partial charge in [0, 0.05) is 35.7 Å². The van der Waals surface area contributed by atoms with E-state index in [-0.39, 0.29) is 24.4 Å². The second kappa shape index (κ2) is 8.46. The fraction of sp³-hybridized carbons (Fsp3) is 0.231. The average molecular weight is 431 g/mol. The lowest BCUT2D eigenvalue weighted by Crippen LogP contribution is -2.42. The highest BCUT2D eigenvalue weighted by Gasteiger charge is 2.30. The highest BCUT2D eigenvalue weighted by atomic mass is 19.1. The van der Waals surface area contributed by atoms with Gasteiger partial charge in [-0.1, -0.05) is 42.5 Å². The number of hydrogen-bond acceptors (Lipinski definition) is 4. The van der Waals surface area contributed by atoms with Gasteiger partial charge in [0.2, 0.25) is 6.79 Å². The molecule has 1 amide bonds. The molecule has 0 unspecified atom stereocenters.